The lowest BCUT2D eigenvalue weighted by Crippen LogP contribution is -2.20. The van der Waals surface area contributed by atoms with Crippen LogP contribution in [0.3, 0.4) is 0 Å². The molecule has 0 aliphatic rings. The van der Waals surface area contributed by atoms with Crippen LogP contribution in [0, 0.1) is 6.92 Å². The minimum atomic E-state index is -0.0691. The molecule has 3 heteroatoms. The topological polar surface area (TPSA) is 34.9 Å². The second kappa shape index (κ2) is 3.44. The molecule has 2 aromatic rings. The summed E-state index contributed by atoms with van der Waals surface area (Å²) in [6.07, 6.45) is 4.57. The Hall–Kier alpha value is -1.64. The van der Waals surface area contributed by atoms with Gasteiger partial charge in [0, 0.05) is 28.9 Å². The van der Waals surface area contributed by atoms with Gasteiger partial charge in [0.05, 0.1) is 0 Å². The van der Waals surface area contributed by atoms with Crippen molar-refractivity contribution in [2.45, 2.75) is 33.2 Å². The van der Waals surface area contributed by atoms with Crippen molar-refractivity contribution < 1.29 is 4.79 Å². The zero-order valence-electron chi connectivity index (χ0n) is 10.1. The fraction of sp³-hybridized carbons (Fsp3) is 0.385. The Balaban J connectivity index is 2.89. The summed E-state index contributed by atoms with van der Waals surface area (Å²) in [5, 5.41) is 0.965. The molecule has 16 heavy (non-hydrogen) atoms. The first-order valence-electron chi connectivity index (χ1n) is 5.37. The summed E-state index contributed by atoms with van der Waals surface area (Å²) >= 11 is 0. The number of aryl methyl sites for hydroxylation is 1. The normalized spacial score (nSPS) is 12.0. The van der Waals surface area contributed by atoms with E-state index in [0.29, 0.717) is 0 Å². The Kier molecular flexibility index (Phi) is 2.34. The van der Waals surface area contributed by atoms with Gasteiger partial charge in [-0.25, -0.2) is 4.98 Å². The van der Waals surface area contributed by atoms with E-state index in [-0.39, 0.29) is 5.54 Å². The molecule has 0 saturated carbocycles. The molecule has 2 aromatic heterocycles. The average molecular weight is 216 g/mol. The standard InChI is InChI=1S/C13H16N2O/c1-9-5-6-14-12-11(9)10(8-16)7-15(12)13(2,3)4/h5-8H,1-4H3. The fourth-order valence-corrected chi connectivity index (χ4v) is 1.95. The van der Waals surface area contributed by atoms with Crippen molar-refractivity contribution in [2.24, 2.45) is 0 Å². The van der Waals surface area contributed by atoms with Gasteiger partial charge in [-0.3, -0.25) is 4.79 Å². The minimum absolute atomic E-state index is 0.0691. The van der Waals surface area contributed by atoms with Crippen molar-refractivity contribution in [3.8, 4) is 0 Å². The van der Waals surface area contributed by atoms with E-state index in [1.54, 1.807) is 6.20 Å². The van der Waals surface area contributed by atoms with Gasteiger partial charge < -0.3 is 4.57 Å². The second-order valence-corrected chi connectivity index (χ2v) is 5.07. The summed E-state index contributed by atoms with van der Waals surface area (Å²) in [7, 11) is 0. The molecule has 0 unspecified atom stereocenters. The molecule has 84 valence electrons. The number of hydrogen-bond donors (Lipinski definition) is 0. The minimum Gasteiger partial charge on any atom is -0.326 e. The van der Waals surface area contributed by atoms with Crippen LogP contribution in [0.25, 0.3) is 11.0 Å². The predicted molar refractivity (Wildman–Crippen MR) is 64.9 cm³/mol. The smallest absolute Gasteiger partial charge is 0.152 e. The van der Waals surface area contributed by atoms with E-state index >= 15 is 0 Å². The third-order valence-corrected chi connectivity index (χ3v) is 2.77. The van der Waals surface area contributed by atoms with Crippen molar-refractivity contribution in [3.05, 3.63) is 29.6 Å². The molecular weight excluding hydrogens is 200 g/mol. The molecular formula is C13H16N2O. The third kappa shape index (κ3) is 1.52. The van der Waals surface area contributed by atoms with E-state index in [4.69, 9.17) is 0 Å². The van der Waals surface area contributed by atoms with Gasteiger partial charge in [-0.05, 0) is 39.3 Å². The Morgan fingerprint density at radius 2 is 2.06 bits per heavy atom. The van der Waals surface area contributed by atoms with Crippen LogP contribution in [0.4, 0.5) is 0 Å². The van der Waals surface area contributed by atoms with Crippen LogP contribution in [0.15, 0.2) is 18.5 Å². The summed E-state index contributed by atoms with van der Waals surface area (Å²) in [4.78, 5) is 15.5. The Morgan fingerprint density at radius 1 is 1.38 bits per heavy atom. The molecule has 0 saturated heterocycles. The molecule has 0 fully saturated rings. The van der Waals surface area contributed by atoms with E-state index in [0.717, 1.165) is 28.4 Å². The molecule has 2 rings (SSSR count). The lowest BCUT2D eigenvalue weighted by atomic mass is 10.1. The number of nitrogens with zero attached hydrogens (tertiary/aromatic N) is 2. The lowest BCUT2D eigenvalue weighted by molar-refractivity contribution is 0.112. The first kappa shape index (κ1) is 10.9. The maximum atomic E-state index is 11.1. The highest BCUT2D eigenvalue weighted by Gasteiger charge is 2.19. The molecule has 2 heterocycles. The van der Waals surface area contributed by atoms with Crippen molar-refractivity contribution in [1.29, 1.82) is 0 Å². The van der Waals surface area contributed by atoms with Crippen LogP contribution in [0.2, 0.25) is 0 Å². The van der Waals surface area contributed by atoms with Crippen molar-refractivity contribution >= 4 is 17.3 Å². The van der Waals surface area contributed by atoms with Crippen molar-refractivity contribution in [3.63, 3.8) is 0 Å². The molecule has 0 aliphatic carbocycles. The number of hydrogen-bond acceptors (Lipinski definition) is 2. The highest BCUT2D eigenvalue weighted by Crippen LogP contribution is 2.27. The number of rotatable bonds is 1. The SMILES string of the molecule is Cc1ccnc2c1c(C=O)cn2C(C)(C)C. The molecule has 3 nitrogen and oxygen atoms in total. The van der Waals surface area contributed by atoms with E-state index in [2.05, 4.69) is 30.3 Å². The van der Waals surface area contributed by atoms with Crippen LogP contribution in [-0.4, -0.2) is 15.8 Å². The van der Waals surface area contributed by atoms with E-state index in [1.165, 1.54) is 0 Å². The first-order chi connectivity index (χ1) is 7.45. The number of pyridine rings is 1. The highest BCUT2D eigenvalue weighted by atomic mass is 16.1. The molecule has 0 amide bonds. The van der Waals surface area contributed by atoms with Crippen molar-refractivity contribution in [2.75, 3.05) is 0 Å². The average Bonchev–Trinajstić information content (AvgIpc) is 2.57. The Morgan fingerprint density at radius 3 is 2.62 bits per heavy atom. The molecule has 0 radical (unpaired) electrons. The van der Waals surface area contributed by atoms with Crippen LogP contribution in [0.1, 0.15) is 36.7 Å². The van der Waals surface area contributed by atoms with Gasteiger partial charge in [-0.2, -0.15) is 0 Å². The van der Waals surface area contributed by atoms with Gasteiger partial charge >= 0.3 is 0 Å². The van der Waals surface area contributed by atoms with Crippen LogP contribution in [-0.2, 0) is 5.54 Å². The maximum absolute atomic E-state index is 11.1. The second-order valence-electron chi connectivity index (χ2n) is 5.07. The number of fused-ring (bicyclic) bond motifs is 1. The van der Waals surface area contributed by atoms with Gasteiger partial charge in [-0.15, -0.1) is 0 Å². The number of carbonyl (C=O) groups excluding carboxylic acids is 1. The van der Waals surface area contributed by atoms with E-state index in [9.17, 15) is 4.79 Å². The number of aldehydes is 1. The van der Waals surface area contributed by atoms with Gasteiger partial charge in [0.1, 0.15) is 5.65 Å². The van der Waals surface area contributed by atoms with Gasteiger partial charge in [0.15, 0.2) is 6.29 Å². The van der Waals surface area contributed by atoms with Gasteiger partial charge in [-0.1, -0.05) is 0 Å². The summed E-state index contributed by atoms with van der Waals surface area (Å²) in [6, 6.07) is 1.93. The summed E-state index contributed by atoms with van der Waals surface area (Å²) in [6.45, 7) is 8.31. The fourth-order valence-electron chi connectivity index (χ4n) is 1.95. The molecule has 0 atom stereocenters. The van der Waals surface area contributed by atoms with Gasteiger partial charge in [0.25, 0.3) is 0 Å². The maximum Gasteiger partial charge on any atom is 0.152 e. The zero-order chi connectivity index (χ0) is 11.9. The number of carbonyl (C=O) groups is 1. The summed E-state index contributed by atoms with van der Waals surface area (Å²) in [5.74, 6) is 0. The van der Waals surface area contributed by atoms with Crippen molar-refractivity contribution in [1.82, 2.24) is 9.55 Å². The summed E-state index contributed by atoms with van der Waals surface area (Å²) in [5.41, 5.74) is 2.63. The Bertz CT molecular complexity index is 547. The predicted octanol–water partition coefficient (Wildman–Crippen LogP) is 2.91. The van der Waals surface area contributed by atoms with E-state index in [1.807, 2.05) is 19.2 Å². The zero-order valence-corrected chi connectivity index (χ0v) is 10.1. The lowest BCUT2D eigenvalue weighted by Gasteiger charge is -2.21. The quantitative estimate of drug-likeness (QED) is 0.687. The highest BCUT2D eigenvalue weighted by molar-refractivity contribution is 5.98. The Labute approximate surface area is 95.1 Å². The molecule has 0 aliphatic heterocycles. The van der Waals surface area contributed by atoms with Gasteiger partial charge in [0.2, 0.25) is 0 Å². The van der Waals surface area contributed by atoms with Crippen LogP contribution < -0.4 is 0 Å². The molecule has 0 bridgehead atoms. The summed E-state index contributed by atoms with van der Waals surface area (Å²) < 4.78 is 2.05. The first-order valence-corrected chi connectivity index (χ1v) is 5.37. The third-order valence-electron chi connectivity index (χ3n) is 2.77. The van der Waals surface area contributed by atoms with E-state index < -0.39 is 0 Å². The monoisotopic (exact) mass is 216 g/mol. The largest absolute Gasteiger partial charge is 0.326 e. The van der Waals surface area contributed by atoms with Crippen LogP contribution in [0.5, 0.6) is 0 Å². The molecule has 0 N–H and O–H groups in total. The number of aromatic nitrogens is 2. The van der Waals surface area contributed by atoms with Crippen LogP contribution >= 0.6 is 0 Å². The molecule has 0 aromatic carbocycles. The molecule has 0 spiro atoms.